The number of nitrogens with one attached hydrogen (secondary N) is 1. The Balaban J connectivity index is 1.56. The fourth-order valence-electron chi connectivity index (χ4n) is 2.31. The number of thiazole rings is 1. The molecule has 1 amide bonds. The van der Waals surface area contributed by atoms with E-state index in [1.807, 2.05) is 36.6 Å². The molecular weight excluding hydrogens is 332 g/mol. The van der Waals surface area contributed by atoms with E-state index in [9.17, 15) is 4.79 Å². The van der Waals surface area contributed by atoms with Gasteiger partial charge in [0.25, 0.3) is 5.91 Å². The van der Waals surface area contributed by atoms with E-state index in [1.165, 1.54) is 16.9 Å². The van der Waals surface area contributed by atoms with Crippen LogP contribution in [0.2, 0.25) is 0 Å². The van der Waals surface area contributed by atoms with Crippen molar-refractivity contribution in [1.82, 2.24) is 4.98 Å². The number of carbonyl (C=O) groups is 1. The van der Waals surface area contributed by atoms with Crippen LogP contribution in [0.3, 0.4) is 0 Å². The lowest BCUT2D eigenvalue weighted by Crippen LogP contribution is -2.20. The summed E-state index contributed by atoms with van der Waals surface area (Å²) < 4.78 is 5.48. The number of hydrogen-bond acceptors (Lipinski definition) is 4. The second-order valence-electron chi connectivity index (χ2n) is 5.74. The van der Waals surface area contributed by atoms with Crippen molar-refractivity contribution in [2.75, 3.05) is 11.9 Å². The molecule has 1 aromatic heterocycles. The van der Waals surface area contributed by atoms with Gasteiger partial charge in [0.15, 0.2) is 11.7 Å². The number of anilines is 1. The number of amides is 1. The Labute approximate surface area is 151 Å². The van der Waals surface area contributed by atoms with Gasteiger partial charge in [0.1, 0.15) is 5.75 Å². The summed E-state index contributed by atoms with van der Waals surface area (Å²) in [6.07, 6.45) is 1.01. The van der Waals surface area contributed by atoms with Crippen LogP contribution in [0.15, 0.2) is 53.9 Å². The molecule has 2 aromatic carbocycles. The molecule has 25 heavy (non-hydrogen) atoms. The smallest absolute Gasteiger partial charge is 0.264 e. The van der Waals surface area contributed by atoms with Crippen molar-refractivity contribution in [3.63, 3.8) is 0 Å². The fourth-order valence-corrected chi connectivity index (χ4v) is 3.05. The van der Waals surface area contributed by atoms with Crippen LogP contribution in [0.1, 0.15) is 18.1 Å². The summed E-state index contributed by atoms with van der Waals surface area (Å²) in [5, 5.41) is 5.30. The molecule has 1 heterocycles. The summed E-state index contributed by atoms with van der Waals surface area (Å²) >= 11 is 1.41. The fraction of sp³-hybridized carbons (Fsp3) is 0.200. The minimum absolute atomic E-state index is 0.0385. The minimum atomic E-state index is -0.220. The predicted molar refractivity (Wildman–Crippen MR) is 102 cm³/mol. The maximum absolute atomic E-state index is 12.0. The number of benzene rings is 2. The van der Waals surface area contributed by atoms with Gasteiger partial charge in [0, 0.05) is 10.9 Å². The van der Waals surface area contributed by atoms with Gasteiger partial charge in [-0.3, -0.25) is 10.1 Å². The average Bonchev–Trinajstić information content (AvgIpc) is 3.10. The lowest BCUT2D eigenvalue weighted by atomic mass is 10.1. The molecule has 0 saturated heterocycles. The number of nitrogens with zero attached hydrogens (tertiary/aromatic N) is 1. The van der Waals surface area contributed by atoms with Crippen molar-refractivity contribution in [2.24, 2.45) is 0 Å². The first-order chi connectivity index (χ1) is 12.1. The van der Waals surface area contributed by atoms with Crippen molar-refractivity contribution >= 4 is 22.4 Å². The standard InChI is InChI=1S/C20H20N2O2S/c1-3-15-6-8-16(9-7-15)18-13-25-20(21-18)22-19(23)12-24-17-10-4-14(2)5-11-17/h4-11,13H,3,12H2,1-2H3,(H,21,22,23). The topological polar surface area (TPSA) is 51.2 Å². The number of carbonyl (C=O) groups excluding carboxylic acids is 1. The lowest BCUT2D eigenvalue weighted by molar-refractivity contribution is -0.118. The van der Waals surface area contributed by atoms with Gasteiger partial charge in [0.05, 0.1) is 5.69 Å². The third-order valence-corrected chi connectivity index (χ3v) is 4.56. The van der Waals surface area contributed by atoms with Crippen LogP contribution in [-0.2, 0) is 11.2 Å². The first-order valence-electron chi connectivity index (χ1n) is 8.18. The van der Waals surface area contributed by atoms with Crippen molar-refractivity contribution in [2.45, 2.75) is 20.3 Å². The molecule has 0 aliphatic rings. The van der Waals surface area contributed by atoms with Gasteiger partial charge in [-0.25, -0.2) is 4.98 Å². The number of aryl methyl sites for hydroxylation is 2. The van der Waals surface area contributed by atoms with Crippen LogP contribution in [0, 0.1) is 6.92 Å². The number of hydrogen-bond donors (Lipinski definition) is 1. The molecule has 5 heteroatoms. The summed E-state index contributed by atoms with van der Waals surface area (Å²) in [4.78, 5) is 16.5. The monoisotopic (exact) mass is 352 g/mol. The van der Waals surface area contributed by atoms with E-state index in [0.29, 0.717) is 10.9 Å². The molecule has 0 saturated carbocycles. The molecular formula is C20H20N2O2S. The molecule has 0 bridgehead atoms. The van der Waals surface area contributed by atoms with Gasteiger partial charge in [-0.05, 0) is 31.0 Å². The highest BCUT2D eigenvalue weighted by atomic mass is 32.1. The van der Waals surface area contributed by atoms with Crippen LogP contribution in [-0.4, -0.2) is 17.5 Å². The predicted octanol–water partition coefficient (Wildman–Crippen LogP) is 4.70. The summed E-state index contributed by atoms with van der Waals surface area (Å²) in [5.41, 5.74) is 4.35. The van der Waals surface area contributed by atoms with E-state index in [1.54, 1.807) is 0 Å². The minimum Gasteiger partial charge on any atom is -0.484 e. The zero-order chi connectivity index (χ0) is 17.6. The highest BCUT2D eigenvalue weighted by Gasteiger charge is 2.09. The Morgan fingerprint density at radius 2 is 1.84 bits per heavy atom. The highest BCUT2D eigenvalue weighted by Crippen LogP contribution is 2.25. The summed E-state index contributed by atoms with van der Waals surface area (Å²) in [7, 11) is 0. The zero-order valence-electron chi connectivity index (χ0n) is 14.3. The van der Waals surface area contributed by atoms with E-state index in [2.05, 4.69) is 41.5 Å². The molecule has 128 valence electrons. The summed E-state index contributed by atoms with van der Waals surface area (Å²) in [5.74, 6) is 0.458. The van der Waals surface area contributed by atoms with Gasteiger partial charge in [0.2, 0.25) is 0 Å². The first kappa shape index (κ1) is 17.2. The zero-order valence-corrected chi connectivity index (χ0v) is 15.1. The number of rotatable bonds is 6. The normalized spacial score (nSPS) is 10.5. The quantitative estimate of drug-likeness (QED) is 0.700. The second-order valence-corrected chi connectivity index (χ2v) is 6.60. The van der Waals surface area contributed by atoms with Crippen molar-refractivity contribution in [3.05, 3.63) is 65.0 Å². The number of aromatic nitrogens is 1. The van der Waals surface area contributed by atoms with Gasteiger partial charge >= 0.3 is 0 Å². The number of ether oxygens (including phenoxy) is 1. The maximum Gasteiger partial charge on any atom is 0.264 e. The Morgan fingerprint density at radius 3 is 2.52 bits per heavy atom. The van der Waals surface area contributed by atoms with Gasteiger partial charge < -0.3 is 4.74 Å². The van der Waals surface area contributed by atoms with Gasteiger partial charge in [-0.2, -0.15) is 0 Å². The van der Waals surface area contributed by atoms with Crippen LogP contribution in [0.25, 0.3) is 11.3 Å². The van der Waals surface area contributed by atoms with Crippen molar-refractivity contribution in [3.8, 4) is 17.0 Å². The average molecular weight is 352 g/mol. The highest BCUT2D eigenvalue weighted by molar-refractivity contribution is 7.14. The van der Waals surface area contributed by atoms with Crippen LogP contribution < -0.4 is 10.1 Å². The molecule has 3 rings (SSSR count). The molecule has 4 nitrogen and oxygen atoms in total. The Kier molecular flexibility index (Phi) is 5.46. The molecule has 0 aliphatic carbocycles. The van der Waals surface area contributed by atoms with E-state index in [4.69, 9.17) is 4.74 Å². The van der Waals surface area contributed by atoms with Crippen molar-refractivity contribution < 1.29 is 9.53 Å². The first-order valence-corrected chi connectivity index (χ1v) is 9.06. The summed E-state index contributed by atoms with van der Waals surface area (Å²) in [6, 6.07) is 15.9. The molecule has 0 unspecified atom stereocenters. The van der Waals surface area contributed by atoms with Crippen LogP contribution >= 0.6 is 11.3 Å². The van der Waals surface area contributed by atoms with Crippen molar-refractivity contribution in [1.29, 1.82) is 0 Å². The van der Waals surface area contributed by atoms with Crippen LogP contribution in [0.4, 0.5) is 5.13 Å². The van der Waals surface area contributed by atoms with E-state index < -0.39 is 0 Å². The van der Waals surface area contributed by atoms with E-state index >= 15 is 0 Å². The molecule has 0 spiro atoms. The molecule has 0 fully saturated rings. The van der Waals surface area contributed by atoms with E-state index in [-0.39, 0.29) is 12.5 Å². The van der Waals surface area contributed by atoms with Gasteiger partial charge in [-0.15, -0.1) is 11.3 Å². The summed E-state index contributed by atoms with van der Waals surface area (Å²) in [6.45, 7) is 4.10. The van der Waals surface area contributed by atoms with Gasteiger partial charge in [-0.1, -0.05) is 48.9 Å². The third kappa shape index (κ3) is 4.67. The largest absolute Gasteiger partial charge is 0.484 e. The molecule has 0 atom stereocenters. The lowest BCUT2D eigenvalue weighted by Gasteiger charge is -2.06. The van der Waals surface area contributed by atoms with E-state index in [0.717, 1.165) is 23.2 Å². The molecule has 0 aliphatic heterocycles. The second kappa shape index (κ2) is 7.94. The molecule has 1 N–H and O–H groups in total. The maximum atomic E-state index is 12.0. The molecule has 3 aromatic rings. The molecule has 0 radical (unpaired) electrons. The van der Waals surface area contributed by atoms with Crippen LogP contribution in [0.5, 0.6) is 5.75 Å². The Morgan fingerprint density at radius 1 is 1.12 bits per heavy atom. The third-order valence-electron chi connectivity index (χ3n) is 3.80. The Bertz CT molecular complexity index is 839. The Hall–Kier alpha value is -2.66. The SMILES string of the molecule is CCc1ccc(-c2csc(NC(=O)COc3ccc(C)cc3)n2)cc1.